The van der Waals surface area contributed by atoms with Crippen LogP contribution in [0.3, 0.4) is 0 Å². The topological polar surface area (TPSA) is 39.1 Å². The number of nitrogens with zero attached hydrogens (tertiary/aromatic N) is 2. The summed E-state index contributed by atoms with van der Waals surface area (Å²) in [6.07, 6.45) is 0. The van der Waals surface area contributed by atoms with E-state index in [4.69, 9.17) is 16.9 Å². The number of hydrogen-bond donors (Lipinski definition) is 1. The molecule has 2 rings (SSSR count). The van der Waals surface area contributed by atoms with Gasteiger partial charge < -0.3 is 10.2 Å². The molecule has 0 heterocycles. The van der Waals surface area contributed by atoms with Crippen molar-refractivity contribution in [2.24, 2.45) is 0 Å². The lowest BCUT2D eigenvalue weighted by Gasteiger charge is -2.15. The molecule has 0 fully saturated rings. The molecule has 0 aromatic heterocycles. The minimum Gasteiger partial charge on any atom is -0.378 e. The Morgan fingerprint density at radius 2 is 1.89 bits per heavy atom. The van der Waals surface area contributed by atoms with Crippen molar-refractivity contribution in [2.45, 2.75) is 0 Å². The van der Waals surface area contributed by atoms with Gasteiger partial charge in [-0.05, 0) is 30.3 Å². The zero-order valence-electron chi connectivity index (χ0n) is 10.8. The maximum atomic E-state index is 9.14. The van der Waals surface area contributed by atoms with Crippen molar-refractivity contribution in [1.29, 1.82) is 5.26 Å². The summed E-state index contributed by atoms with van der Waals surface area (Å²) < 4.78 is 0. The summed E-state index contributed by atoms with van der Waals surface area (Å²) in [6.45, 7) is 0. The normalized spacial score (nSPS) is 9.79. The van der Waals surface area contributed by atoms with E-state index in [0.29, 0.717) is 16.3 Å². The van der Waals surface area contributed by atoms with E-state index >= 15 is 0 Å². The third kappa shape index (κ3) is 2.98. The van der Waals surface area contributed by atoms with Gasteiger partial charge in [0, 0.05) is 25.5 Å². The predicted octanol–water partition coefficient (Wildman–Crippen LogP) is 4.02. The quantitative estimate of drug-likeness (QED) is 0.916. The van der Waals surface area contributed by atoms with Crippen molar-refractivity contribution in [3.05, 3.63) is 53.1 Å². The van der Waals surface area contributed by atoms with Gasteiger partial charge in [-0.3, -0.25) is 0 Å². The summed E-state index contributed by atoms with van der Waals surface area (Å²) in [6, 6.07) is 15.4. The number of benzene rings is 2. The summed E-state index contributed by atoms with van der Waals surface area (Å²) in [5, 5.41) is 12.8. The molecule has 0 saturated carbocycles. The summed E-state index contributed by atoms with van der Waals surface area (Å²) in [5.41, 5.74) is 3.18. The number of halogens is 1. The van der Waals surface area contributed by atoms with Gasteiger partial charge in [-0.2, -0.15) is 5.26 Å². The molecular formula is C15H14ClN3. The standard InChI is InChI=1S/C15H14ClN3/c1-19(2)12-6-3-5-11(9-12)18-15-8-4-7-14(16)13(15)10-17/h3-9,18H,1-2H3. The van der Waals surface area contributed by atoms with Gasteiger partial charge in [0.25, 0.3) is 0 Å². The predicted molar refractivity (Wildman–Crippen MR) is 80.2 cm³/mol. The van der Waals surface area contributed by atoms with E-state index in [-0.39, 0.29) is 0 Å². The van der Waals surface area contributed by atoms with E-state index < -0.39 is 0 Å². The molecule has 3 nitrogen and oxygen atoms in total. The van der Waals surface area contributed by atoms with Crippen LogP contribution in [-0.2, 0) is 0 Å². The van der Waals surface area contributed by atoms with Crippen LogP contribution < -0.4 is 10.2 Å². The summed E-state index contributed by atoms with van der Waals surface area (Å²) in [5.74, 6) is 0. The van der Waals surface area contributed by atoms with E-state index in [1.165, 1.54) is 0 Å². The molecule has 0 atom stereocenters. The first-order chi connectivity index (χ1) is 9.11. The number of nitriles is 1. The number of nitrogens with one attached hydrogen (secondary N) is 1. The summed E-state index contributed by atoms with van der Waals surface area (Å²) in [4.78, 5) is 2.02. The smallest absolute Gasteiger partial charge is 0.103 e. The highest BCUT2D eigenvalue weighted by molar-refractivity contribution is 6.32. The van der Waals surface area contributed by atoms with Crippen LogP contribution in [0.2, 0.25) is 5.02 Å². The van der Waals surface area contributed by atoms with Gasteiger partial charge in [0.05, 0.1) is 16.3 Å². The molecule has 0 bridgehead atoms. The molecule has 0 aliphatic carbocycles. The van der Waals surface area contributed by atoms with Crippen molar-refractivity contribution in [2.75, 3.05) is 24.3 Å². The highest BCUT2D eigenvalue weighted by Gasteiger charge is 2.06. The van der Waals surface area contributed by atoms with Crippen molar-refractivity contribution in [1.82, 2.24) is 0 Å². The second-order valence-corrected chi connectivity index (χ2v) is 4.75. The molecule has 0 aliphatic heterocycles. The van der Waals surface area contributed by atoms with Crippen LogP contribution >= 0.6 is 11.6 Å². The fourth-order valence-electron chi connectivity index (χ4n) is 1.76. The van der Waals surface area contributed by atoms with E-state index in [1.807, 2.05) is 55.4 Å². The Hall–Kier alpha value is -2.18. The molecule has 0 amide bonds. The molecule has 0 radical (unpaired) electrons. The van der Waals surface area contributed by atoms with Crippen LogP contribution in [0.1, 0.15) is 5.56 Å². The second-order valence-electron chi connectivity index (χ2n) is 4.34. The van der Waals surface area contributed by atoms with Crippen LogP contribution in [0, 0.1) is 11.3 Å². The molecule has 96 valence electrons. The van der Waals surface area contributed by atoms with Crippen LogP contribution in [0.15, 0.2) is 42.5 Å². The average molecular weight is 272 g/mol. The van der Waals surface area contributed by atoms with E-state index in [2.05, 4.69) is 11.4 Å². The van der Waals surface area contributed by atoms with Crippen LogP contribution in [0.25, 0.3) is 0 Å². The Morgan fingerprint density at radius 3 is 2.58 bits per heavy atom. The lowest BCUT2D eigenvalue weighted by atomic mass is 10.2. The Morgan fingerprint density at radius 1 is 1.16 bits per heavy atom. The van der Waals surface area contributed by atoms with Gasteiger partial charge >= 0.3 is 0 Å². The second kappa shape index (κ2) is 5.64. The van der Waals surface area contributed by atoms with Crippen molar-refractivity contribution < 1.29 is 0 Å². The van der Waals surface area contributed by atoms with Gasteiger partial charge in [-0.1, -0.05) is 23.7 Å². The van der Waals surface area contributed by atoms with Crippen molar-refractivity contribution >= 4 is 28.7 Å². The number of anilines is 3. The van der Waals surface area contributed by atoms with Crippen molar-refractivity contribution in [3.63, 3.8) is 0 Å². The zero-order chi connectivity index (χ0) is 13.8. The molecule has 19 heavy (non-hydrogen) atoms. The Bertz CT molecular complexity index is 630. The molecule has 2 aromatic carbocycles. The third-order valence-corrected chi connectivity index (χ3v) is 3.08. The zero-order valence-corrected chi connectivity index (χ0v) is 11.6. The third-order valence-electron chi connectivity index (χ3n) is 2.77. The van der Waals surface area contributed by atoms with Gasteiger partial charge in [-0.25, -0.2) is 0 Å². The van der Waals surface area contributed by atoms with E-state index in [9.17, 15) is 0 Å². The molecule has 2 aromatic rings. The Labute approximate surface area is 118 Å². The Balaban J connectivity index is 2.34. The summed E-state index contributed by atoms with van der Waals surface area (Å²) in [7, 11) is 3.97. The minimum atomic E-state index is 0.455. The molecule has 0 unspecified atom stereocenters. The first-order valence-electron chi connectivity index (χ1n) is 5.85. The highest BCUT2D eigenvalue weighted by atomic mass is 35.5. The molecule has 0 aliphatic rings. The first kappa shape index (κ1) is 13.3. The maximum Gasteiger partial charge on any atom is 0.103 e. The molecule has 1 N–H and O–H groups in total. The van der Waals surface area contributed by atoms with Gasteiger partial charge in [0.1, 0.15) is 6.07 Å². The molecular weight excluding hydrogens is 258 g/mol. The molecule has 0 spiro atoms. The van der Waals surface area contributed by atoms with Gasteiger partial charge in [-0.15, -0.1) is 0 Å². The SMILES string of the molecule is CN(C)c1cccc(Nc2cccc(Cl)c2C#N)c1. The monoisotopic (exact) mass is 271 g/mol. The fraction of sp³-hybridized carbons (Fsp3) is 0.133. The minimum absolute atomic E-state index is 0.455. The Kier molecular flexibility index (Phi) is 3.94. The maximum absolute atomic E-state index is 9.14. The van der Waals surface area contributed by atoms with Crippen LogP contribution in [0.5, 0.6) is 0 Å². The van der Waals surface area contributed by atoms with E-state index in [0.717, 1.165) is 11.4 Å². The molecule has 0 saturated heterocycles. The molecule has 4 heteroatoms. The van der Waals surface area contributed by atoms with Crippen molar-refractivity contribution in [3.8, 4) is 6.07 Å². The average Bonchev–Trinajstić information content (AvgIpc) is 2.39. The summed E-state index contributed by atoms with van der Waals surface area (Å²) >= 11 is 6.01. The van der Waals surface area contributed by atoms with Gasteiger partial charge in [0.15, 0.2) is 0 Å². The first-order valence-corrected chi connectivity index (χ1v) is 6.22. The van der Waals surface area contributed by atoms with Crippen LogP contribution in [-0.4, -0.2) is 14.1 Å². The number of rotatable bonds is 3. The highest BCUT2D eigenvalue weighted by Crippen LogP contribution is 2.27. The van der Waals surface area contributed by atoms with E-state index in [1.54, 1.807) is 6.07 Å². The van der Waals surface area contributed by atoms with Crippen LogP contribution in [0.4, 0.5) is 17.1 Å². The lowest BCUT2D eigenvalue weighted by Crippen LogP contribution is -2.08. The van der Waals surface area contributed by atoms with Gasteiger partial charge in [0.2, 0.25) is 0 Å². The fourth-order valence-corrected chi connectivity index (χ4v) is 1.98. The lowest BCUT2D eigenvalue weighted by molar-refractivity contribution is 1.13. The largest absolute Gasteiger partial charge is 0.378 e. The number of hydrogen-bond acceptors (Lipinski definition) is 3.